The number of ketones is 1. The number of carbonyl (C=O) groups is 1. The molecule has 144 valence electrons. The third kappa shape index (κ3) is 5.20. The lowest BCUT2D eigenvalue weighted by molar-refractivity contribution is 0.0976. The van der Waals surface area contributed by atoms with Gasteiger partial charge in [-0.15, -0.1) is 0 Å². The van der Waals surface area contributed by atoms with Crippen LogP contribution in [0.1, 0.15) is 53.7 Å². The molecule has 0 radical (unpaired) electrons. The van der Waals surface area contributed by atoms with E-state index in [1.165, 1.54) is 29.8 Å². The SMILES string of the molecule is CC(C)c1ccc(C(CC(=O)c2ccc(F)cc2)Nc2ccc(Cl)cc2)cc1. The molecule has 1 unspecified atom stereocenters. The Labute approximate surface area is 170 Å². The quantitative estimate of drug-likeness (QED) is 0.435. The maximum Gasteiger partial charge on any atom is 0.165 e. The summed E-state index contributed by atoms with van der Waals surface area (Å²) >= 11 is 5.98. The highest BCUT2D eigenvalue weighted by Gasteiger charge is 2.18. The fourth-order valence-electron chi connectivity index (χ4n) is 3.05. The van der Waals surface area contributed by atoms with Gasteiger partial charge in [0.25, 0.3) is 0 Å². The average molecular weight is 396 g/mol. The van der Waals surface area contributed by atoms with Crippen molar-refractivity contribution in [3.63, 3.8) is 0 Å². The number of Topliss-reactive ketones (excluding diaryl/α,β-unsaturated/α-hetero) is 1. The van der Waals surface area contributed by atoms with Crippen molar-refractivity contribution < 1.29 is 9.18 Å². The van der Waals surface area contributed by atoms with E-state index in [9.17, 15) is 9.18 Å². The molecule has 0 aromatic heterocycles. The van der Waals surface area contributed by atoms with Gasteiger partial charge in [0.1, 0.15) is 5.82 Å². The molecule has 3 rings (SSSR count). The Morgan fingerprint density at radius 3 is 2.04 bits per heavy atom. The Bertz CT molecular complexity index is 918. The van der Waals surface area contributed by atoms with Crippen molar-refractivity contribution in [3.05, 3.63) is 100 Å². The van der Waals surface area contributed by atoms with Gasteiger partial charge in [0.05, 0.1) is 6.04 Å². The lowest BCUT2D eigenvalue weighted by Gasteiger charge is -2.21. The minimum absolute atomic E-state index is 0.0422. The number of carbonyl (C=O) groups excluding carboxylic acids is 1. The van der Waals surface area contributed by atoms with Gasteiger partial charge < -0.3 is 5.32 Å². The smallest absolute Gasteiger partial charge is 0.165 e. The average Bonchev–Trinajstić information content (AvgIpc) is 2.69. The minimum Gasteiger partial charge on any atom is -0.378 e. The summed E-state index contributed by atoms with van der Waals surface area (Å²) in [5.41, 5.74) is 3.66. The highest BCUT2D eigenvalue weighted by Crippen LogP contribution is 2.27. The van der Waals surface area contributed by atoms with Crippen molar-refractivity contribution in [2.45, 2.75) is 32.2 Å². The summed E-state index contributed by atoms with van der Waals surface area (Å²) in [6.07, 6.45) is 0.259. The van der Waals surface area contributed by atoms with Crippen molar-refractivity contribution in [2.24, 2.45) is 0 Å². The van der Waals surface area contributed by atoms with Gasteiger partial charge >= 0.3 is 0 Å². The molecule has 3 aromatic carbocycles. The molecule has 0 saturated heterocycles. The molecule has 1 N–H and O–H groups in total. The Hall–Kier alpha value is -2.65. The maximum atomic E-state index is 13.2. The van der Waals surface area contributed by atoms with Crippen LogP contribution in [0.15, 0.2) is 72.8 Å². The van der Waals surface area contributed by atoms with Gasteiger partial charge in [-0.25, -0.2) is 4.39 Å². The molecule has 28 heavy (non-hydrogen) atoms. The molecule has 2 nitrogen and oxygen atoms in total. The fraction of sp³-hybridized carbons (Fsp3) is 0.208. The van der Waals surface area contributed by atoms with Gasteiger partial charge in [-0.1, -0.05) is 49.7 Å². The van der Waals surface area contributed by atoms with Gasteiger partial charge in [-0.3, -0.25) is 4.79 Å². The number of nitrogens with one attached hydrogen (secondary N) is 1. The van der Waals surface area contributed by atoms with Crippen LogP contribution < -0.4 is 5.32 Å². The minimum atomic E-state index is -0.350. The molecule has 4 heteroatoms. The molecule has 3 aromatic rings. The third-order valence-corrected chi connectivity index (χ3v) is 5.00. The summed E-state index contributed by atoms with van der Waals surface area (Å²) in [5, 5.41) is 4.09. The van der Waals surface area contributed by atoms with E-state index in [1.807, 2.05) is 24.3 Å². The van der Waals surface area contributed by atoms with E-state index in [0.717, 1.165) is 11.3 Å². The van der Waals surface area contributed by atoms with Crippen molar-refractivity contribution in [1.82, 2.24) is 0 Å². The van der Waals surface area contributed by atoms with E-state index in [2.05, 4.69) is 43.4 Å². The number of hydrogen-bond donors (Lipinski definition) is 1. The Morgan fingerprint density at radius 1 is 0.893 bits per heavy atom. The summed E-state index contributed by atoms with van der Waals surface area (Å²) in [4.78, 5) is 12.8. The van der Waals surface area contributed by atoms with Crippen LogP contribution in [0.4, 0.5) is 10.1 Å². The first-order chi connectivity index (χ1) is 13.4. The fourth-order valence-corrected chi connectivity index (χ4v) is 3.18. The first-order valence-electron chi connectivity index (χ1n) is 9.33. The summed E-state index contributed by atoms with van der Waals surface area (Å²) in [7, 11) is 0. The molecule has 0 fully saturated rings. The maximum absolute atomic E-state index is 13.2. The standard InChI is InChI=1S/C24H23ClFNO/c1-16(2)17-3-5-18(6-4-17)23(27-22-13-9-20(25)10-14-22)15-24(28)19-7-11-21(26)12-8-19/h3-14,16,23,27H,15H2,1-2H3. The van der Waals surface area contributed by atoms with Gasteiger partial charge in [-0.05, 0) is 65.6 Å². The lowest BCUT2D eigenvalue weighted by atomic mass is 9.95. The number of rotatable bonds is 7. The molecule has 0 saturated carbocycles. The number of benzene rings is 3. The van der Waals surface area contributed by atoms with Crippen LogP contribution in [-0.4, -0.2) is 5.78 Å². The van der Waals surface area contributed by atoms with E-state index in [1.54, 1.807) is 0 Å². The second-order valence-electron chi connectivity index (χ2n) is 7.16. The van der Waals surface area contributed by atoms with Crippen LogP contribution in [0.3, 0.4) is 0 Å². The van der Waals surface area contributed by atoms with Gasteiger partial charge in [0.2, 0.25) is 0 Å². The molecule has 0 aliphatic heterocycles. The summed E-state index contributed by atoms with van der Waals surface area (Å²) < 4.78 is 13.2. The highest BCUT2D eigenvalue weighted by molar-refractivity contribution is 6.30. The highest BCUT2D eigenvalue weighted by atomic mass is 35.5. The molecule has 0 amide bonds. The predicted octanol–water partition coefficient (Wildman–Crippen LogP) is 7.03. The summed E-state index contributed by atoms with van der Waals surface area (Å²) in [6, 6.07) is 21.2. The van der Waals surface area contributed by atoms with E-state index < -0.39 is 0 Å². The van der Waals surface area contributed by atoms with Gasteiger partial charge in [0.15, 0.2) is 5.78 Å². The number of hydrogen-bond acceptors (Lipinski definition) is 2. The second kappa shape index (κ2) is 9.03. The Balaban J connectivity index is 1.85. The topological polar surface area (TPSA) is 29.1 Å². The molecular weight excluding hydrogens is 373 g/mol. The van der Waals surface area contributed by atoms with E-state index in [0.29, 0.717) is 16.5 Å². The van der Waals surface area contributed by atoms with Crippen LogP contribution in [-0.2, 0) is 0 Å². The molecule has 1 atom stereocenters. The van der Waals surface area contributed by atoms with Gasteiger partial charge in [-0.2, -0.15) is 0 Å². The first-order valence-corrected chi connectivity index (χ1v) is 9.71. The zero-order chi connectivity index (χ0) is 20.1. The number of anilines is 1. The molecule has 0 spiro atoms. The second-order valence-corrected chi connectivity index (χ2v) is 7.60. The van der Waals surface area contributed by atoms with Gasteiger partial charge in [0, 0.05) is 22.7 Å². The van der Waals surface area contributed by atoms with Crippen LogP contribution >= 0.6 is 11.6 Å². The predicted molar refractivity (Wildman–Crippen MR) is 114 cm³/mol. The van der Waals surface area contributed by atoms with Crippen molar-refractivity contribution >= 4 is 23.1 Å². The molecule has 0 bridgehead atoms. The zero-order valence-corrected chi connectivity index (χ0v) is 16.7. The Morgan fingerprint density at radius 2 is 1.46 bits per heavy atom. The third-order valence-electron chi connectivity index (χ3n) is 4.75. The molecule has 0 aliphatic rings. The van der Waals surface area contributed by atoms with E-state index >= 15 is 0 Å². The van der Waals surface area contributed by atoms with E-state index in [4.69, 9.17) is 11.6 Å². The van der Waals surface area contributed by atoms with Crippen molar-refractivity contribution in [2.75, 3.05) is 5.32 Å². The number of halogens is 2. The van der Waals surface area contributed by atoms with Crippen molar-refractivity contribution in [1.29, 1.82) is 0 Å². The van der Waals surface area contributed by atoms with Crippen molar-refractivity contribution in [3.8, 4) is 0 Å². The first kappa shape index (κ1) is 20.1. The lowest BCUT2D eigenvalue weighted by Crippen LogP contribution is -2.16. The van der Waals surface area contributed by atoms with Crippen LogP contribution in [0.2, 0.25) is 5.02 Å². The summed E-state index contributed by atoms with van der Waals surface area (Å²) in [5.74, 6) is 0.0497. The summed E-state index contributed by atoms with van der Waals surface area (Å²) in [6.45, 7) is 4.30. The molecule has 0 heterocycles. The van der Waals surface area contributed by atoms with Crippen LogP contribution in [0.5, 0.6) is 0 Å². The molecular formula is C24H23ClFNO. The van der Waals surface area contributed by atoms with E-state index in [-0.39, 0.29) is 24.1 Å². The zero-order valence-electron chi connectivity index (χ0n) is 16.0. The normalized spacial score (nSPS) is 12.0. The van der Waals surface area contributed by atoms with Crippen LogP contribution in [0.25, 0.3) is 0 Å². The monoisotopic (exact) mass is 395 g/mol. The largest absolute Gasteiger partial charge is 0.378 e. The van der Waals surface area contributed by atoms with Crippen LogP contribution in [0, 0.1) is 5.82 Å². The molecule has 0 aliphatic carbocycles. The Kier molecular flexibility index (Phi) is 6.48.